The zero-order valence-electron chi connectivity index (χ0n) is 28.0. The number of hydrogen-bond acceptors (Lipinski definition) is 5. The molecule has 2 aliphatic rings. The van der Waals surface area contributed by atoms with Crippen LogP contribution in [0.3, 0.4) is 0 Å². The minimum absolute atomic E-state index is 0.898. The minimum atomic E-state index is 0.898. The number of hydrogen-bond donors (Lipinski definition) is 0. The number of para-hydroxylation sites is 2. The van der Waals surface area contributed by atoms with Gasteiger partial charge in [-0.15, -0.1) is 0 Å². The lowest BCUT2D eigenvalue weighted by Gasteiger charge is -2.37. The van der Waals surface area contributed by atoms with Gasteiger partial charge in [-0.1, -0.05) is 115 Å². The predicted molar refractivity (Wildman–Crippen MR) is 216 cm³/mol. The molecule has 0 spiro atoms. The van der Waals surface area contributed by atoms with Crippen molar-refractivity contribution in [3.63, 3.8) is 0 Å². The molecule has 0 unspecified atom stereocenters. The summed E-state index contributed by atoms with van der Waals surface area (Å²) in [4.78, 5) is 10.00. The van der Waals surface area contributed by atoms with Crippen LogP contribution in [0, 0.1) is 13.8 Å². The zero-order chi connectivity index (χ0) is 33.8. The first kappa shape index (κ1) is 29.1. The van der Waals surface area contributed by atoms with E-state index in [1.165, 1.54) is 80.7 Å². The van der Waals surface area contributed by atoms with Crippen LogP contribution in [0.5, 0.6) is 0 Å². The third kappa shape index (κ3) is 4.29. The maximum Gasteiger partial charge on any atom is 0.137 e. The van der Waals surface area contributed by atoms with Crippen molar-refractivity contribution in [3.8, 4) is 0 Å². The summed E-state index contributed by atoms with van der Waals surface area (Å²) in [6.45, 7) is 4.37. The molecule has 0 amide bonds. The molecule has 0 fully saturated rings. The van der Waals surface area contributed by atoms with E-state index in [1.54, 1.807) is 0 Å². The average molecular weight is 691 g/mol. The number of furan rings is 1. The summed E-state index contributed by atoms with van der Waals surface area (Å²) in [5, 5.41) is 7.10. The molecule has 3 nitrogen and oxygen atoms in total. The fraction of sp³-hybridized carbons (Fsp3) is 0.0435. The normalized spacial score (nSPS) is 13.5. The standard InChI is InChI=1S/C46H30N2OS2/c1-27-19-21-36-42(23-27)51-43-24-28(2)20-22-37(43)47(36)45-30-12-3-5-14-32(30)46(33-15-6-4-13-31(33)45)48-35-16-8-10-18-41(35)50-44-25-34-29-11-7-9-17-39(29)49-40(34)26-38(44)48/h3-26H,1-2H3. The Kier molecular flexibility index (Phi) is 6.25. The topological polar surface area (TPSA) is 19.6 Å². The van der Waals surface area contributed by atoms with Crippen molar-refractivity contribution < 1.29 is 4.42 Å². The van der Waals surface area contributed by atoms with Gasteiger partial charge in [-0.2, -0.15) is 0 Å². The van der Waals surface area contributed by atoms with Crippen LogP contribution in [0.15, 0.2) is 170 Å². The van der Waals surface area contributed by atoms with E-state index in [2.05, 4.69) is 163 Å². The lowest BCUT2D eigenvalue weighted by molar-refractivity contribution is 0.668. The van der Waals surface area contributed by atoms with Gasteiger partial charge >= 0.3 is 0 Å². The van der Waals surface area contributed by atoms with E-state index < -0.39 is 0 Å². The quantitative estimate of drug-likeness (QED) is 0.168. The minimum Gasteiger partial charge on any atom is -0.456 e. The van der Waals surface area contributed by atoms with Crippen LogP contribution >= 0.6 is 23.5 Å². The molecule has 242 valence electrons. The molecule has 8 aromatic carbocycles. The molecule has 0 N–H and O–H groups in total. The number of aryl methyl sites for hydroxylation is 2. The fourth-order valence-corrected chi connectivity index (χ4v) is 10.4. The molecule has 1 aromatic heterocycles. The smallest absolute Gasteiger partial charge is 0.137 e. The van der Waals surface area contributed by atoms with Gasteiger partial charge in [-0.05, 0) is 73.5 Å². The molecule has 0 atom stereocenters. The molecule has 51 heavy (non-hydrogen) atoms. The third-order valence-corrected chi connectivity index (χ3v) is 12.5. The lowest BCUT2D eigenvalue weighted by atomic mass is 9.95. The first-order chi connectivity index (χ1) is 25.1. The Bertz CT molecular complexity index is 2820. The van der Waals surface area contributed by atoms with Crippen LogP contribution in [0.2, 0.25) is 0 Å². The molecular weight excluding hydrogens is 661 g/mol. The first-order valence-corrected chi connectivity index (χ1v) is 18.9. The van der Waals surface area contributed by atoms with Crippen LogP contribution in [0.25, 0.3) is 43.5 Å². The van der Waals surface area contributed by atoms with Crippen molar-refractivity contribution in [2.45, 2.75) is 33.4 Å². The van der Waals surface area contributed by atoms with Gasteiger partial charge in [0.1, 0.15) is 11.2 Å². The summed E-state index contributed by atoms with van der Waals surface area (Å²) in [7, 11) is 0. The van der Waals surface area contributed by atoms with Gasteiger partial charge < -0.3 is 14.2 Å². The van der Waals surface area contributed by atoms with Crippen LogP contribution in [-0.4, -0.2) is 0 Å². The maximum atomic E-state index is 6.50. The molecule has 0 radical (unpaired) electrons. The molecule has 0 saturated carbocycles. The average Bonchev–Trinajstić information content (AvgIpc) is 3.52. The Balaban J connectivity index is 1.25. The summed E-state index contributed by atoms with van der Waals surface area (Å²) < 4.78 is 6.50. The highest BCUT2D eigenvalue weighted by atomic mass is 32.2. The van der Waals surface area contributed by atoms with Crippen molar-refractivity contribution in [2.75, 3.05) is 9.80 Å². The second-order valence-corrected chi connectivity index (χ2v) is 15.7. The van der Waals surface area contributed by atoms with Crippen LogP contribution in [0.4, 0.5) is 34.1 Å². The summed E-state index contributed by atoms with van der Waals surface area (Å²) in [5.41, 5.74) is 11.4. The Morgan fingerprint density at radius 1 is 0.373 bits per heavy atom. The van der Waals surface area contributed by atoms with Crippen molar-refractivity contribution in [2.24, 2.45) is 0 Å². The van der Waals surface area contributed by atoms with Crippen molar-refractivity contribution in [1.82, 2.24) is 0 Å². The highest BCUT2D eigenvalue weighted by Gasteiger charge is 2.33. The number of rotatable bonds is 2. The van der Waals surface area contributed by atoms with Gasteiger partial charge in [0, 0.05) is 58.0 Å². The van der Waals surface area contributed by atoms with Crippen molar-refractivity contribution in [1.29, 1.82) is 0 Å². The number of benzene rings is 8. The highest BCUT2D eigenvalue weighted by Crippen LogP contribution is 2.59. The molecule has 3 heterocycles. The van der Waals surface area contributed by atoms with Gasteiger partial charge in [-0.3, -0.25) is 0 Å². The van der Waals surface area contributed by atoms with Crippen LogP contribution in [0.1, 0.15) is 11.1 Å². The fourth-order valence-electron chi connectivity index (χ4n) is 8.04. The van der Waals surface area contributed by atoms with E-state index in [0.29, 0.717) is 0 Å². The Morgan fingerprint density at radius 2 is 0.843 bits per heavy atom. The van der Waals surface area contributed by atoms with E-state index in [0.717, 1.165) is 27.6 Å². The SMILES string of the molecule is Cc1ccc2c(c1)Sc1cc(C)ccc1N2c1c2ccccc2c(N2c3ccccc3Sc3cc4c(cc32)oc2ccccc24)c2ccccc12. The second-order valence-electron chi connectivity index (χ2n) is 13.5. The first-order valence-electron chi connectivity index (χ1n) is 17.3. The molecule has 9 aromatic rings. The molecule has 0 aliphatic carbocycles. The predicted octanol–water partition coefficient (Wildman–Crippen LogP) is 14.4. The summed E-state index contributed by atoms with van der Waals surface area (Å²) >= 11 is 3.71. The zero-order valence-corrected chi connectivity index (χ0v) is 29.6. The van der Waals surface area contributed by atoms with E-state index in [-0.39, 0.29) is 0 Å². The molecular formula is C46H30N2OS2. The van der Waals surface area contributed by atoms with E-state index in [4.69, 9.17) is 4.42 Å². The van der Waals surface area contributed by atoms with Gasteiger partial charge in [0.15, 0.2) is 0 Å². The van der Waals surface area contributed by atoms with Crippen molar-refractivity contribution >= 4 is 101 Å². The summed E-state index contributed by atoms with van der Waals surface area (Å²) in [5.74, 6) is 0. The van der Waals surface area contributed by atoms with E-state index in [1.807, 2.05) is 29.6 Å². The van der Waals surface area contributed by atoms with Gasteiger partial charge in [0.05, 0.1) is 34.1 Å². The van der Waals surface area contributed by atoms with E-state index >= 15 is 0 Å². The summed E-state index contributed by atoms with van der Waals surface area (Å²) in [6, 6.07) is 53.4. The Labute approximate surface area is 304 Å². The number of anilines is 6. The number of fused-ring (bicyclic) bond motifs is 9. The summed E-state index contributed by atoms with van der Waals surface area (Å²) in [6.07, 6.45) is 0. The van der Waals surface area contributed by atoms with E-state index in [9.17, 15) is 0 Å². The molecule has 11 rings (SSSR count). The molecule has 0 bridgehead atoms. The Morgan fingerprint density at radius 3 is 1.47 bits per heavy atom. The molecule has 0 saturated heterocycles. The van der Waals surface area contributed by atoms with Gasteiger partial charge in [-0.25, -0.2) is 0 Å². The van der Waals surface area contributed by atoms with Crippen LogP contribution < -0.4 is 9.80 Å². The van der Waals surface area contributed by atoms with Gasteiger partial charge in [0.25, 0.3) is 0 Å². The number of nitrogens with zero attached hydrogens (tertiary/aromatic N) is 2. The lowest BCUT2D eigenvalue weighted by Crippen LogP contribution is -2.18. The van der Waals surface area contributed by atoms with Crippen LogP contribution in [-0.2, 0) is 0 Å². The molecule has 5 heteroatoms. The maximum absolute atomic E-state index is 6.50. The monoisotopic (exact) mass is 690 g/mol. The van der Waals surface area contributed by atoms with Gasteiger partial charge in [0.2, 0.25) is 0 Å². The highest BCUT2D eigenvalue weighted by molar-refractivity contribution is 8.00. The Hall–Kier alpha value is -5.62. The molecule has 2 aliphatic heterocycles. The third-order valence-electron chi connectivity index (χ3n) is 10.3. The second kappa shape index (κ2) is 10.9. The largest absolute Gasteiger partial charge is 0.456 e. The van der Waals surface area contributed by atoms with Crippen molar-refractivity contribution in [3.05, 3.63) is 157 Å².